The molecular formula is C15H11FN2O2S. The highest BCUT2D eigenvalue weighted by Gasteiger charge is 2.23. The predicted molar refractivity (Wildman–Crippen MR) is 78.1 cm³/mol. The van der Waals surface area contributed by atoms with Crippen LogP contribution >= 0.6 is 11.3 Å². The molecule has 21 heavy (non-hydrogen) atoms. The number of hydrogen-bond donors (Lipinski definition) is 1. The summed E-state index contributed by atoms with van der Waals surface area (Å²) in [5.74, 6) is -2.76. The zero-order valence-electron chi connectivity index (χ0n) is 11.1. The predicted octanol–water partition coefficient (Wildman–Crippen LogP) is 3.22. The van der Waals surface area contributed by atoms with E-state index in [0.29, 0.717) is 5.00 Å². The second-order valence-electron chi connectivity index (χ2n) is 4.33. The SMILES string of the molecule is CC(=O)C(C#N)C(=O)Nc1ccc(-c2ccc(F)cc2)s1. The Kier molecular flexibility index (Phi) is 4.45. The summed E-state index contributed by atoms with van der Waals surface area (Å²) < 4.78 is 12.9. The van der Waals surface area contributed by atoms with Gasteiger partial charge in [-0.2, -0.15) is 5.26 Å². The Hall–Kier alpha value is -2.52. The molecule has 1 atom stereocenters. The number of amides is 1. The fourth-order valence-corrected chi connectivity index (χ4v) is 2.62. The van der Waals surface area contributed by atoms with Crippen LogP contribution in [-0.2, 0) is 9.59 Å². The Morgan fingerprint density at radius 3 is 2.48 bits per heavy atom. The van der Waals surface area contributed by atoms with Crippen molar-refractivity contribution < 1.29 is 14.0 Å². The Morgan fingerprint density at radius 1 is 1.24 bits per heavy atom. The van der Waals surface area contributed by atoms with Crippen molar-refractivity contribution in [3.05, 3.63) is 42.2 Å². The van der Waals surface area contributed by atoms with Crippen LogP contribution in [0.1, 0.15) is 6.92 Å². The van der Waals surface area contributed by atoms with Crippen molar-refractivity contribution >= 4 is 28.0 Å². The molecule has 0 saturated carbocycles. The first-order valence-electron chi connectivity index (χ1n) is 6.08. The molecule has 1 N–H and O–H groups in total. The number of anilines is 1. The maximum Gasteiger partial charge on any atom is 0.249 e. The summed E-state index contributed by atoms with van der Waals surface area (Å²) in [7, 11) is 0. The van der Waals surface area contributed by atoms with E-state index in [9.17, 15) is 14.0 Å². The summed E-state index contributed by atoms with van der Waals surface area (Å²) in [4.78, 5) is 23.8. The van der Waals surface area contributed by atoms with E-state index in [1.807, 2.05) is 0 Å². The molecule has 106 valence electrons. The third kappa shape index (κ3) is 3.52. The first-order valence-corrected chi connectivity index (χ1v) is 6.89. The second kappa shape index (κ2) is 6.29. The number of hydrogen-bond acceptors (Lipinski definition) is 4. The topological polar surface area (TPSA) is 70.0 Å². The molecular weight excluding hydrogens is 291 g/mol. The van der Waals surface area contributed by atoms with E-state index < -0.39 is 17.6 Å². The monoisotopic (exact) mass is 302 g/mol. The number of benzene rings is 1. The van der Waals surface area contributed by atoms with E-state index in [1.54, 1.807) is 30.3 Å². The average Bonchev–Trinajstić information content (AvgIpc) is 2.88. The van der Waals surface area contributed by atoms with E-state index in [4.69, 9.17) is 5.26 Å². The van der Waals surface area contributed by atoms with E-state index in [-0.39, 0.29) is 5.82 Å². The summed E-state index contributed by atoms with van der Waals surface area (Å²) in [6.45, 7) is 1.20. The van der Waals surface area contributed by atoms with Crippen molar-refractivity contribution in [1.82, 2.24) is 0 Å². The number of Topliss-reactive ketones (excluding diaryl/α,β-unsaturated/α-hetero) is 1. The van der Waals surface area contributed by atoms with Crippen molar-refractivity contribution in [2.45, 2.75) is 6.92 Å². The minimum absolute atomic E-state index is 0.317. The minimum Gasteiger partial charge on any atom is -0.316 e. The van der Waals surface area contributed by atoms with Crippen LogP contribution in [0.2, 0.25) is 0 Å². The molecule has 1 heterocycles. The molecule has 1 amide bonds. The zero-order valence-corrected chi connectivity index (χ0v) is 11.9. The van der Waals surface area contributed by atoms with Gasteiger partial charge in [0.25, 0.3) is 0 Å². The van der Waals surface area contributed by atoms with Gasteiger partial charge in [0.1, 0.15) is 5.82 Å². The Balaban J connectivity index is 2.14. The normalized spacial score (nSPS) is 11.5. The zero-order chi connectivity index (χ0) is 15.4. The van der Waals surface area contributed by atoms with Crippen LogP contribution in [0.15, 0.2) is 36.4 Å². The fourth-order valence-electron chi connectivity index (χ4n) is 1.70. The van der Waals surface area contributed by atoms with Crippen LogP contribution in [0.4, 0.5) is 9.39 Å². The molecule has 0 bridgehead atoms. The highest BCUT2D eigenvalue weighted by atomic mass is 32.1. The molecule has 0 aliphatic rings. The Labute approximate surface area is 124 Å². The van der Waals surface area contributed by atoms with Gasteiger partial charge in [-0.15, -0.1) is 11.3 Å². The quantitative estimate of drug-likeness (QED) is 0.882. The molecule has 0 spiro atoms. The smallest absolute Gasteiger partial charge is 0.249 e. The highest BCUT2D eigenvalue weighted by Crippen LogP contribution is 2.31. The van der Waals surface area contributed by atoms with Gasteiger partial charge in [-0.1, -0.05) is 12.1 Å². The number of halogens is 1. The number of thiophene rings is 1. The molecule has 0 saturated heterocycles. The molecule has 0 radical (unpaired) electrons. The molecule has 0 aliphatic heterocycles. The first-order chi connectivity index (χ1) is 10.0. The fraction of sp³-hybridized carbons (Fsp3) is 0.133. The molecule has 0 aliphatic carbocycles. The molecule has 1 aromatic heterocycles. The lowest BCUT2D eigenvalue weighted by Crippen LogP contribution is -2.26. The summed E-state index contributed by atoms with van der Waals surface area (Å²) in [5.41, 5.74) is 0.824. The van der Waals surface area contributed by atoms with Crippen molar-refractivity contribution in [1.29, 1.82) is 5.26 Å². The van der Waals surface area contributed by atoms with Gasteiger partial charge in [-0.25, -0.2) is 4.39 Å². The lowest BCUT2D eigenvalue weighted by atomic mass is 10.1. The summed E-state index contributed by atoms with van der Waals surface area (Å²) in [6.07, 6.45) is 0. The number of carbonyl (C=O) groups excluding carboxylic acids is 2. The van der Waals surface area contributed by atoms with E-state index in [1.165, 1.54) is 30.4 Å². The molecule has 1 aromatic carbocycles. The standard InChI is InChI=1S/C15H11FN2O2S/c1-9(19)12(8-17)15(20)18-14-7-6-13(21-14)10-2-4-11(16)5-3-10/h2-7,12H,1H3,(H,18,20). The summed E-state index contributed by atoms with van der Waals surface area (Å²) in [5, 5.41) is 11.9. The lowest BCUT2D eigenvalue weighted by Gasteiger charge is -2.04. The number of nitriles is 1. The van der Waals surface area contributed by atoms with Crippen LogP contribution in [0.3, 0.4) is 0 Å². The Bertz CT molecular complexity index is 716. The van der Waals surface area contributed by atoms with Crippen LogP contribution in [0.25, 0.3) is 10.4 Å². The van der Waals surface area contributed by atoms with Crippen LogP contribution in [0, 0.1) is 23.1 Å². The van der Waals surface area contributed by atoms with Gasteiger partial charge in [-0.05, 0) is 36.8 Å². The van der Waals surface area contributed by atoms with Crippen LogP contribution < -0.4 is 5.32 Å². The maximum absolute atomic E-state index is 12.9. The number of ketones is 1. The first kappa shape index (κ1) is 14.9. The van der Waals surface area contributed by atoms with Gasteiger partial charge in [0.2, 0.25) is 5.91 Å². The van der Waals surface area contributed by atoms with Gasteiger partial charge in [-0.3, -0.25) is 9.59 Å². The van der Waals surface area contributed by atoms with Gasteiger partial charge in [0.15, 0.2) is 11.7 Å². The van der Waals surface area contributed by atoms with Crippen molar-refractivity contribution in [2.24, 2.45) is 5.92 Å². The third-order valence-electron chi connectivity index (χ3n) is 2.78. The molecule has 4 nitrogen and oxygen atoms in total. The minimum atomic E-state index is -1.30. The van der Waals surface area contributed by atoms with Crippen LogP contribution in [-0.4, -0.2) is 11.7 Å². The van der Waals surface area contributed by atoms with Gasteiger partial charge in [0, 0.05) is 4.88 Å². The molecule has 2 aromatic rings. The molecule has 2 rings (SSSR count). The number of rotatable bonds is 4. The lowest BCUT2D eigenvalue weighted by molar-refractivity contribution is -0.127. The van der Waals surface area contributed by atoms with Gasteiger partial charge >= 0.3 is 0 Å². The maximum atomic E-state index is 12.9. The average molecular weight is 302 g/mol. The number of nitrogens with zero attached hydrogens (tertiary/aromatic N) is 1. The molecule has 0 fully saturated rings. The summed E-state index contributed by atoms with van der Waals surface area (Å²) in [6, 6.07) is 11.1. The van der Waals surface area contributed by atoms with E-state index >= 15 is 0 Å². The second-order valence-corrected chi connectivity index (χ2v) is 5.42. The van der Waals surface area contributed by atoms with Crippen molar-refractivity contribution in [3.8, 4) is 16.5 Å². The highest BCUT2D eigenvalue weighted by molar-refractivity contribution is 7.19. The van der Waals surface area contributed by atoms with Crippen molar-refractivity contribution in [2.75, 3.05) is 5.32 Å². The molecule has 6 heteroatoms. The van der Waals surface area contributed by atoms with E-state index in [2.05, 4.69) is 5.32 Å². The number of carbonyl (C=O) groups is 2. The van der Waals surface area contributed by atoms with Gasteiger partial charge < -0.3 is 5.32 Å². The third-order valence-corrected chi connectivity index (χ3v) is 3.83. The molecule has 1 unspecified atom stereocenters. The Morgan fingerprint density at radius 2 is 1.90 bits per heavy atom. The van der Waals surface area contributed by atoms with Crippen LogP contribution in [0.5, 0.6) is 0 Å². The summed E-state index contributed by atoms with van der Waals surface area (Å²) >= 11 is 1.28. The number of nitrogens with one attached hydrogen (secondary N) is 1. The van der Waals surface area contributed by atoms with E-state index in [0.717, 1.165) is 10.4 Å². The van der Waals surface area contributed by atoms with Gasteiger partial charge in [0.05, 0.1) is 11.1 Å². The largest absolute Gasteiger partial charge is 0.316 e. The van der Waals surface area contributed by atoms with Crippen molar-refractivity contribution in [3.63, 3.8) is 0 Å².